The van der Waals surface area contributed by atoms with Crippen molar-refractivity contribution >= 4 is 11.6 Å². The first-order valence-corrected chi connectivity index (χ1v) is 6.00. The van der Waals surface area contributed by atoms with Crippen molar-refractivity contribution in [3.05, 3.63) is 70.0 Å². The number of halogens is 4. The van der Waals surface area contributed by atoms with Gasteiger partial charge in [-0.25, -0.2) is 13.2 Å². The Morgan fingerprint density at radius 2 is 1.74 bits per heavy atom. The maximum Gasteiger partial charge on any atom is 0.159 e. The van der Waals surface area contributed by atoms with Crippen LogP contribution in [0.25, 0.3) is 0 Å². The highest BCUT2D eigenvalue weighted by Gasteiger charge is 2.13. The van der Waals surface area contributed by atoms with Crippen molar-refractivity contribution in [3.8, 4) is 0 Å². The van der Waals surface area contributed by atoms with Crippen molar-refractivity contribution in [3.63, 3.8) is 0 Å². The van der Waals surface area contributed by atoms with E-state index in [4.69, 9.17) is 17.3 Å². The fourth-order valence-corrected chi connectivity index (χ4v) is 2.01. The molecule has 0 aliphatic rings. The van der Waals surface area contributed by atoms with Crippen molar-refractivity contribution in [2.75, 3.05) is 0 Å². The predicted molar refractivity (Wildman–Crippen MR) is 68.4 cm³/mol. The topological polar surface area (TPSA) is 26.0 Å². The van der Waals surface area contributed by atoms with Gasteiger partial charge in [0.15, 0.2) is 11.6 Å². The van der Waals surface area contributed by atoms with E-state index >= 15 is 0 Å². The van der Waals surface area contributed by atoms with Gasteiger partial charge in [-0.1, -0.05) is 29.8 Å². The molecule has 2 aromatic rings. The standard InChI is InChI=1S/C14H11ClF3N/c15-14-9(2-1-3-11(14)17)7-13(19)8-4-5-10(16)12(18)6-8/h1-6,13H,7,19H2. The fourth-order valence-electron chi connectivity index (χ4n) is 1.80. The lowest BCUT2D eigenvalue weighted by Crippen LogP contribution is -2.14. The van der Waals surface area contributed by atoms with Crippen LogP contribution >= 0.6 is 11.6 Å². The summed E-state index contributed by atoms with van der Waals surface area (Å²) in [5.74, 6) is -2.42. The highest BCUT2D eigenvalue weighted by molar-refractivity contribution is 6.31. The minimum atomic E-state index is -0.960. The van der Waals surface area contributed by atoms with E-state index in [0.717, 1.165) is 12.1 Å². The zero-order chi connectivity index (χ0) is 14.0. The number of hydrogen-bond acceptors (Lipinski definition) is 1. The molecule has 1 unspecified atom stereocenters. The van der Waals surface area contributed by atoms with E-state index in [0.29, 0.717) is 11.1 Å². The first kappa shape index (κ1) is 13.9. The molecule has 19 heavy (non-hydrogen) atoms. The third kappa shape index (κ3) is 3.08. The Hall–Kier alpha value is -1.52. The molecule has 0 radical (unpaired) electrons. The van der Waals surface area contributed by atoms with Gasteiger partial charge in [0.05, 0.1) is 5.02 Å². The lowest BCUT2D eigenvalue weighted by molar-refractivity contribution is 0.505. The molecule has 0 saturated carbocycles. The molecule has 0 saturated heterocycles. The molecule has 100 valence electrons. The summed E-state index contributed by atoms with van der Waals surface area (Å²) in [5.41, 5.74) is 6.85. The molecular formula is C14H11ClF3N. The number of nitrogens with two attached hydrogens (primary N) is 1. The summed E-state index contributed by atoms with van der Waals surface area (Å²) >= 11 is 5.82. The molecular weight excluding hydrogens is 275 g/mol. The second-order valence-electron chi connectivity index (χ2n) is 4.20. The zero-order valence-electron chi connectivity index (χ0n) is 9.84. The van der Waals surface area contributed by atoms with Crippen LogP contribution in [0.5, 0.6) is 0 Å². The largest absolute Gasteiger partial charge is 0.324 e. The number of benzene rings is 2. The van der Waals surface area contributed by atoms with Gasteiger partial charge in [-0.2, -0.15) is 0 Å². The minimum absolute atomic E-state index is 0.000494. The molecule has 0 spiro atoms. The second-order valence-corrected chi connectivity index (χ2v) is 4.58. The Bertz CT molecular complexity index is 601. The maximum atomic E-state index is 13.3. The van der Waals surface area contributed by atoms with E-state index in [2.05, 4.69) is 0 Å². The van der Waals surface area contributed by atoms with Gasteiger partial charge in [0.2, 0.25) is 0 Å². The Morgan fingerprint density at radius 3 is 2.42 bits per heavy atom. The summed E-state index contributed by atoms with van der Waals surface area (Å²) in [6.07, 6.45) is 0.238. The van der Waals surface area contributed by atoms with Crippen molar-refractivity contribution < 1.29 is 13.2 Å². The Kier molecular flexibility index (Phi) is 4.12. The van der Waals surface area contributed by atoms with Crippen molar-refractivity contribution in [1.82, 2.24) is 0 Å². The van der Waals surface area contributed by atoms with Crippen LogP contribution < -0.4 is 5.73 Å². The van der Waals surface area contributed by atoms with Crippen molar-refractivity contribution in [2.45, 2.75) is 12.5 Å². The molecule has 1 nitrogen and oxygen atoms in total. The predicted octanol–water partition coefficient (Wildman–Crippen LogP) is 4.00. The summed E-state index contributed by atoms with van der Waals surface area (Å²) in [6, 6.07) is 7.27. The average Bonchev–Trinajstić information content (AvgIpc) is 2.38. The van der Waals surface area contributed by atoms with Crippen molar-refractivity contribution in [2.24, 2.45) is 5.73 Å². The second kappa shape index (κ2) is 5.63. The third-order valence-electron chi connectivity index (χ3n) is 2.84. The van der Waals surface area contributed by atoms with Gasteiger partial charge in [0, 0.05) is 6.04 Å². The van der Waals surface area contributed by atoms with Gasteiger partial charge in [0.1, 0.15) is 5.82 Å². The van der Waals surface area contributed by atoms with Crippen LogP contribution in [0.4, 0.5) is 13.2 Å². The van der Waals surface area contributed by atoms with Crippen LogP contribution in [-0.4, -0.2) is 0 Å². The van der Waals surface area contributed by atoms with Gasteiger partial charge >= 0.3 is 0 Å². The summed E-state index contributed by atoms with van der Waals surface area (Å²) in [7, 11) is 0. The molecule has 1 atom stereocenters. The first-order chi connectivity index (χ1) is 8.99. The Morgan fingerprint density at radius 1 is 1.00 bits per heavy atom. The van der Waals surface area contributed by atoms with Gasteiger partial charge in [-0.15, -0.1) is 0 Å². The van der Waals surface area contributed by atoms with E-state index in [9.17, 15) is 13.2 Å². The summed E-state index contributed by atoms with van der Waals surface area (Å²) < 4.78 is 39.2. The summed E-state index contributed by atoms with van der Waals surface area (Å²) in [4.78, 5) is 0. The molecule has 0 bridgehead atoms. The minimum Gasteiger partial charge on any atom is -0.324 e. The lowest BCUT2D eigenvalue weighted by Gasteiger charge is -2.13. The maximum absolute atomic E-state index is 13.3. The molecule has 0 amide bonds. The summed E-state index contributed by atoms with van der Waals surface area (Å²) in [5, 5.41) is 0.000494. The van der Waals surface area contributed by atoms with Crippen LogP contribution in [0.1, 0.15) is 17.2 Å². The van der Waals surface area contributed by atoms with Gasteiger partial charge in [-0.05, 0) is 35.7 Å². The quantitative estimate of drug-likeness (QED) is 0.906. The highest BCUT2D eigenvalue weighted by Crippen LogP contribution is 2.25. The van der Waals surface area contributed by atoms with E-state index in [1.807, 2.05) is 0 Å². The molecule has 0 heterocycles. The smallest absolute Gasteiger partial charge is 0.159 e. The van der Waals surface area contributed by atoms with Crippen LogP contribution in [0, 0.1) is 17.5 Å². The molecule has 5 heteroatoms. The van der Waals surface area contributed by atoms with Crippen LogP contribution in [0.15, 0.2) is 36.4 Å². The highest BCUT2D eigenvalue weighted by atomic mass is 35.5. The van der Waals surface area contributed by atoms with E-state index < -0.39 is 23.5 Å². The third-order valence-corrected chi connectivity index (χ3v) is 3.27. The molecule has 0 aromatic heterocycles. The molecule has 0 fully saturated rings. The first-order valence-electron chi connectivity index (χ1n) is 5.62. The van der Waals surface area contributed by atoms with Crippen molar-refractivity contribution in [1.29, 1.82) is 0 Å². The van der Waals surface area contributed by atoms with E-state index in [1.54, 1.807) is 6.07 Å². The fraction of sp³-hybridized carbons (Fsp3) is 0.143. The number of hydrogen-bond donors (Lipinski definition) is 1. The average molecular weight is 286 g/mol. The van der Waals surface area contributed by atoms with Crippen LogP contribution in [-0.2, 0) is 6.42 Å². The van der Waals surface area contributed by atoms with Gasteiger partial charge in [0.25, 0.3) is 0 Å². The van der Waals surface area contributed by atoms with Crippen LogP contribution in [0.3, 0.4) is 0 Å². The SMILES string of the molecule is NC(Cc1cccc(F)c1Cl)c1ccc(F)c(F)c1. The molecule has 2 N–H and O–H groups in total. The monoisotopic (exact) mass is 285 g/mol. The number of rotatable bonds is 3. The zero-order valence-corrected chi connectivity index (χ0v) is 10.6. The van der Waals surface area contributed by atoms with E-state index in [1.165, 1.54) is 18.2 Å². The van der Waals surface area contributed by atoms with Gasteiger partial charge < -0.3 is 5.73 Å². The molecule has 2 aromatic carbocycles. The molecule has 2 rings (SSSR count). The van der Waals surface area contributed by atoms with E-state index in [-0.39, 0.29) is 11.4 Å². The Balaban J connectivity index is 2.23. The molecule has 0 aliphatic heterocycles. The normalized spacial score (nSPS) is 12.5. The van der Waals surface area contributed by atoms with Crippen LogP contribution in [0.2, 0.25) is 5.02 Å². The molecule has 0 aliphatic carbocycles. The summed E-state index contributed by atoms with van der Waals surface area (Å²) in [6.45, 7) is 0. The Labute approximate surface area is 113 Å². The van der Waals surface area contributed by atoms with Gasteiger partial charge in [-0.3, -0.25) is 0 Å². The lowest BCUT2D eigenvalue weighted by atomic mass is 9.99.